The molecule has 148 valence electrons. The van der Waals surface area contributed by atoms with Crippen LogP contribution >= 0.6 is 15.9 Å². The maximum atomic E-state index is 12.1. The van der Waals surface area contributed by atoms with Crippen LogP contribution in [-0.2, 0) is 6.61 Å². The lowest BCUT2D eigenvalue weighted by molar-refractivity contribution is 0.0956. The second kappa shape index (κ2) is 9.75. The van der Waals surface area contributed by atoms with Gasteiger partial charge >= 0.3 is 0 Å². The van der Waals surface area contributed by atoms with Crippen LogP contribution in [0.25, 0.3) is 0 Å². The highest BCUT2D eigenvalue weighted by Gasteiger charge is 2.08. The van der Waals surface area contributed by atoms with Gasteiger partial charge in [-0.1, -0.05) is 40.2 Å². The summed E-state index contributed by atoms with van der Waals surface area (Å²) in [6, 6.07) is 20.1. The van der Waals surface area contributed by atoms with Crippen LogP contribution in [0.4, 0.5) is 5.69 Å². The van der Waals surface area contributed by atoms with Gasteiger partial charge in [0.15, 0.2) is 11.5 Å². The summed E-state index contributed by atoms with van der Waals surface area (Å²) in [6.45, 7) is 0.422. The summed E-state index contributed by atoms with van der Waals surface area (Å²) in [4.78, 5) is 12.1. The lowest BCUT2D eigenvalue weighted by Crippen LogP contribution is -2.19. The average Bonchev–Trinajstić information content (AvgIpc) is 2.74. The van der Waals surface area contributed by atoms with E-state index in [0.717, 1.165) is 15.6 Å². The first-order valence-electron chi connectivity index (χ1n) is 8.80. The maximum Gasteiger partial charge on any atom is 0.273 e. The molecule has 0 fully saturated rings. The molecular formula is C22H20BrN3O3. The molecule has 3 N–H and O–H groups in total. The quantitative estimate of drug-likeness (QED) is 0.315. The molecule has 0 radical (unpaired) electrons. The Kier molecular flexibility index (Phi) is 6.86. The number of hydrogen-bond donors (Lipinski definition) is 2. The first kappa shape index (κ1) is 20.4. The van der Waals surface area contributed by atoms with Gasteiger partial charge in [0, 0.05) is 10.2 Å². The number of nitrogens with two attached hydrogens (primary N) is 1. The van der Waals surface area contributed by atoms with Gasteiger partial charge in [0.25, 0.3) is 5.91 Å². The Balaban J connectivity index is 1.63. The molecule has 7 heteroatoms. The zero-order chi connectivity index (χ0) is 20.6. The van der Waals surface area contributed by atoms with Crippen molar-refractivity contribution >= 4 is 33.7 Å². The zero-order valence-electron chi connectivity index (χ0n) is 15.8. The number of hydrogen-bond acceptors (Lipinski definition) is 5. The van der Waals surface area contributed by atoms with Crippen molar-refractivity contribution in [2.45, 2.75) is 6.61 Å². The molecule has 0 aliphatic rings. The van der Waals surface area contributed by atoms with E-state index in [1.54, 1.807) is 43.5 Å². The molecule has 0 saturated heterocycles. The van der Waals surface area contributed by atoms with E-state index in [1.165, 1.54) is 6.21 Å². The van der Waals surface area contributed by atoms with Crippen LogP contribution in [0.3, 0.4) is 0 Å². The van der Waals surface area contributed by atoms with Gasteiger partial charge in [0.2, 0.25) is 0 Å². The first-order valence-corrected chi connectivity index (χ1v) is 9.59. The lowest BCUT2D eigenvalue weighted by Gasteiger charge is -2.11. The van der Waals surface area contributed by atoms with E-state index in [9.17, 15) is 4.79 Å². The number of benzene rings is 3. The number of carbonyl (C=O) groups is 1. The summed E-state index contributed by atoms with van der Waals surface area (Å²) in [5.74, 6) is 0.819. The fourth-order valence-corrected chi connectivity index (χ4v) is 2.82. The van der Waals surface area contributed by atoms with Crippen LogP contribution in [0.1, 0.15) is 21.5 Å². The van der Waals surface area contributed by atoms with Gasteiger partial charge in [-0.3, -0.25) is 4.79 Å². The van der Waals surface area contributed by atoms with Crippen molar-refractivity contribution in [2.24, 2.45) is 5.10 Å². The molecule has 0 atom stereocenters. The van der Waals surface area contributed by atoms with Crippen LogP contribution in [0.5, 0.6) is 11.5 Å². The van der Waals surface area contributed by atoms with Crippen LogP contribution in [0.15, 0.2) is 76.3 Å². The summed E-state index contributed by atoms with van der Waals surface area (Å²) >= 11 is 3.41. The predicted octanol–water partition coefficient (Wildman–Crippen LogP) is 4.38. The topological polar surface area (TPSA) is 85.9 Å². The predicted molar refractivity (Wildman–Crippen MR) is 117 cm³/mol. The summed E-state index contributed by atoms with van der Waals surface area (Å²) in [5, 5.41) is 3.99. The highest BCUT2D eigenvalue weighted by Crippen LogP contribution is 2.28. The molecular weight excluding hydrogens is 434 g/mol. The highest BCUT2D eigenvalue weighted by molar-refractivity contribution is 9.10. The van der Waals surface area contributed by atoms with E-state index in [0.29, 0.717) is 29.4 Å². The average molecular weight is 454 g/mol. The summed E-state index contributed by atoms with van der Waals surface area (Å²) in [5.41, 5.74) is 10.8. The number of halogens is 1. The Bertz CT molecular complexity index is 1020. The van der Waals surface area contributed by atoms with Crippen molar-refractivity contribution in [3.05, 3.63) is 87.9 Å². The second-order valence-electron chi connectivity index (χ2n) is 6.11. The van der Waals surface area contributed by atoms with Crippen LogP contribution in [0.2, 0.25) is 0 Å². The summed E-state index contributed by atoms with van der Waals surface area (Å²) in [6.07, 6.45) is 1.53. The number of rotatable bonds is 7. The molecule has 1 amide bonds. The highest BCUT2D eigenvalue weighted by atomic mass is 79.9. The number of hydrazone groups is 1. The van der Waals surface area contributed by atoms with Crippen molar-refractivity contribution in [1.29, 1.82) is 0 Å². The Morgan fingerprint density at radius 1 is 1.10 bits per heavy atom. The minimum atomic E-state index is -0.374. The number of para-hydroxylation sites is 1. The summed E-state index contributed by atoms with van der Waals surface area (Å²) < 4.78 is 12.3. The van der Waals surface area contributed by atoms with E-state index in [-0.39, 0.29) is 5.91 Å². The first-order chi connectivity index (χ1) is 14.1. The number of carbonyl (C=O) groups excluding carboxylic acids is 1. The van der Waals surface area contributed by atoms with Gasteiger partial charge in [-0.05, 0) is 53.6 Å². The molecule has 0 bridgehead atoms. The number of amides is 1. The lowest BCUT2D eigenvalue weighted by atomic mass is 10.2. The van der Waals surface area contributed by atoms with Crippen molar-refractivity contribution in [1.82, 2.24) is 5.43 Å². The minimum Gasteiger partial charge on any atom is -0.493 e. The molecule has 0 spiro atoms. The molecule has 0 unspecified atom stereocenters. The van der Waals surface area contributed by atoms with Crippen molar-refractivity contribution < 1.29 is 14.3 Å². The Hall–Kier alpha value is -3.32. The number of nitrogen functional groups attached to an aromatic ring is 1. The second-order valence-corrected chi connectivity index (χ2v) is 7.03. The van der Waals surface area contributed by atoms with E-state index in [1.807, 2.05) is 30.3 Å². The molecule has 0 saturated carbocycles. The molecule has 29 heavy (non-hydrogen) atoms. The molecule has 0 heterocycles. The number of anilines is 1. The normalized spacial score (nSPS) is 10.7. The Labute approximate surface area is 177 Å². The van der Waals surface area contributed by atoms with Crippen LogP contribution in [-0.4, -0.2) is 19.2 Å². The van der Waals surface area contributed by atoms with Gasteiger partial charge in [0.1, 0.15) is 6.61 Å². The molecule has 0 aliphatic carbocycles. The molecule has 0 aromatic heterocycles. The largest absolute Gasteiger partial charge is 0.493 e. The van der Waals surface area contributed by atoms with E-state index in [2.05, 4.69) is 26.5 Å². The number of methoxy groups -OCH3 is 1. The molecule has 6 nitrogen and oxygen atoms in total. The summed E-state index contributed by atoms with van der Waals surface area (Å²) in [7, 11) is 1.57. The van der Waals surface area contributed by atoms with E-state index < -0.39 is 0 Å². The Morgan fingerprint density at radius 3 is 2.59 bits per heavy atom. The maximum absolute atomic E-state index is 12.1. The standard InChI is InChI=1S/C22H20BrN3O3/c1-28-21-12-16(13-25-26-22(27)18-4-2-3-5-19(18)24)8-11-20(21)29-14-15-6-9-17(23)10-7-15/h2-13H,14,24H2,1H3,(H,26,27)/b25-13-. The van der Waals surface area contributed by atoms with Gasteiger partial charge in [-0.2, -0.15) is 5.10 Å². The van der Waals surface area contributed by atoms with Crippen molar-refractivity contribution in [3.8, 4) is 11.5 Å². The van der Waals surface area contributed by atoms with Crippen molar-refractivity contribution in [3.63, 3.8) is 0 Å². The van der Waals surface area contributed by atoms with Crippen LogP contribution < -0.4 is 20.6 Å². The van der Waals surface area contributed by atoms with E-state index in [4.69, 9.17) is 15.2 Å². The third-order valence-corrected chi connectivity index (χ3v) is 4.61. The third-order valence-electron chi connectivity index (χ3n) is 4.08. The zero-order valence-corrected chi connectivity index (χ0v) is 17.3. The third kappa shape index (κ3) is 5.58. The van der Waals surface area contributed by atoms with Crippen LogP contribution in [0, 0.1) is 0 Å². The number of ether oxygens (including phenoxy) is 2. The number of nitrogens with one attached hydrogen (secondary N) is 1. The fourth-order valence-electron chi connectivity index (χ4n) is 2.55. The van der Waals surface area contributed by atoms with Gasteiger partial charge < -0.3 is 15.2 Å². The molecule has 0 aliphatic heterocycles. The number of nitrogens with zero attached hydrogens (tertiary/aromatic N) is 1. The fraction of sp³-hybridized carbons (Fsp3) is 0.0909. The SMILES string of the molecule is COc1cc(/C=N\NC(=O)c2ccccc2N)ccc1OCc1ccc(Br)cc1. The van der Waals surface area contributed by atoms with Gasteiger partial charge in [0.05, 0.1) is 18.9 Å². The van der Waals surface area contributed by atoms with Gasteiger partial charge in [-0.25, -0.2) is 5.43 Å². The van der Waals surface area contributed by atoms with Crippen molar-refractivity contribution in [2.75, 3.05) is 12.8 Å². The monoisotopic (exact) mass is 453 g/mol. The van der Waals surface area contributed by atoms with E-state index >= 15 is 0 Å². The Morgan fingerprint density at radius 2 is 1.86 bits per heavy atom. The minimum absolute atomic E-state index is 0.374. The molecule has 3 rings (SSSR count). The molecule has 3 aromatic rings. The molecule has 3 aromatic carbocycles. The van der Waals surface area contributed by atoms with Gasteiger partial charge in [-0.15, -0.1) is 0 Å². The smallest absolute Gasteiger partial charge is 0.273 e.